The molecule has 0 spiro atoms. The van der Waals surface area contributed by atoms with Crippen LogP contribution in [-0.2, 0) is 0 Å². The fourth-order valence-electron chi connectivity index (χ4n) is 2.10. The van der Waals surface area contributed by atoms with E-state index in [-0.39, 0.29) is 5.75 Å². The first-order valence-electron chi connectivity index (χ1n) is 6.69. The number of nitrogens with zero attached hydrogens (tertiary/aromatic N) is 1. The summed E-state index contributed by atoms with van der Waals surface area (Å²) in [7, 11) is 3.18. The van der Waals surface area contributed by atoms with Crippen molar-refractivity contribution < 1.29 is 14.6 Å². The van der Waals surface area contributed by atoms with Crippen molar-refractivity contribution in [3.63, 3.8) is 0 Å². The molecule has 1 aromatic heterocycles. The monoisotopic (exact) mass is 313 g/mol. The maximum atomic E-state index is 9.77. The lowest BCUT2D eigenvalue weighted by molar-refractivity contribution is 0.373. The highest BCUT2D eigenvalue weighted by Crippen LogP contribution is 2.29. The summed E-state index contributed by atoms with van der Waals surface area (Å²) in [5, 5.41) is 10.7. The number of hydrogen-bond acceptors (Lipinski definition) is 5. The van der Waals surface area contributed by atoms with Crippen LogP contribution in [0.2, 0.25) is 0 Å². The van der Waals surface area contributed by atoms with Gasteiger partial charge in [0.25, 0.3) is 0 Å². The van der Waals surface area contributed by atoms with Crippen molar-refractivity contribution in [1.29, 1.82) is 0 Å². The van der Waals surface area contributed by atoms with Gasteiger partial charge in [0.1, 0.15) is 10.8 Å². The van der Waals surface area contributed by atoms with E-state index in [0.717, 1.165) is 26.5 Å². The van der Waals surface area contributed by atoms with Crippen LogP contribution in [0.25, 0.3) is 22.4 Å². The Bertz CT molecular complexity index is 839. The fraction of sp³-hybridized carbons (Fsp3) is 0.118. The van der Waals surface area contributed by atoms with Crippen LogP contribution in [-0.4, -0.2) is 24.3 Å². The predicted molar refractivity (Wildman–Crippen MR) is 89.8 cm³/mol. The third kappa shape index (κ3) is 2.89. The Kier molecular flexibility index (Phi) is 3.98. The van der Waals surface area contributed by atoms with Crippen LogP contribution in [0.3, 0.4) is 0 Å². The molecule has 5 heteroatoms. The first-order chi connectivity index (χ1) is 10.7. The van der Waals surface area contributed by atoms with Crippen molar-refractivity contribution in [2.45, 2.75) is 0 Å². The molecular formula is C17H15NO3S. The zero-order chi connectivity index (χ0) is 15.5. The van der Waals surface area contributed by atoms with E-state index in [0.29, 0.717) is 5.75 Å². The molecule has 0 saturated heterocycles. The van der Waals surface area contributed by atoms with Crippen molar-refractivity contribution in [2.75, 3.05) is 14.2 Å². The highest BCUT2D eigenvalue weighted by atomic mass is 32.1. The second kappa shape index (κ2) is 6.07. The average molecular weight is 313 g/mol. The van der Waals surface area contributed by atoms with Gasteiger partial charge in [0.05, 0.1) is 24.4 Å². The minimum Gasteiger partial charge on any atom is -0.504 e. The molecule has 0 aliphatic carbocycles. The Morgan fingerprint density at radius 3 is 2.64 bits per heavy atom. The maximum absolute atomic E-state index is 9.77. The maximum Gasteiger partial charge on any atom is 0.160 e. The zero-order valence-electron chi connectivity index (χ0n) is 12.2. The van der Waals surface area contributed by atoms with Gasteiger partial charge in [-0.15, -0.1) is 11.3 Å². The van der Waals surface area contributed by atoms with E-state index in [1.807, 2.05) is 36.4 Å². The minimum absolute atomic E-state index is 0.124. The summed E-state index contributed by atoms with van der Waals surface area (Å²) in [6.45, 7) is 0. The van der Waals surface area contributed by atoms with Gasteiger partial charge in [0.2, 0.25) is 0 Å². The first kappa shape index (κ1) is 14.4. The van der Waals surface area contributed by atoms with Gasteiger partial charge in [-0.05, 0) is 42.0 Å². The Morgan fingerprint density at radius 2 is 1.91 bits per heavy atom. The summed E-state index contributed by atoms with van der Waals surface area (Å²) < 4.78 is 11.3. The highest BCUT2D eigenvalue weighted by Gasteiger charge is 2.04. The van der Waals surface area contributed by atoms with Gasteiger partial charge in [-0.3, -0.25) is 0 Å². The molecule has 0 radical (unpaired) electrons. The van der Waals surface area contributed by atoms with E-state index in [2.05, 4.69) is 4.98 Å². The zero-order valence-corrected chi connectivity index (χ0v) is 13.1. The molecule has 1 heterocycles. The lowest BCUT2D eigenvalue weighted by atomic mass is 10.2. The van der Waals surface area contributed by atoms with E-state index >= 15 is 0 Å². The summed E-state index contributed by atoms with van der Waals surface area (Å²) >= 11 is 1.59. The molecule has 0 aliphatic rings. The molecule has 22 heavy (non-hydrogen) atoms. The van der Waals surface area contributed by atoms with Gasteiger partial charge >= 0.3 is 0 Å². The molecule has 2 aromatic carbocycles. The number of hydrogen-bond donors (Lipinski definition) is 1. The van der Waals surface area contributed by atoms with Crippen LogP contribution in [0.15, 0.2) is 36.4 Å². The second-order valence-electron chi connectivity index (χ2n) is 4.65. The molecule has 0 bridgehead atoms. The van der Waals surface area contributed by atoms with E-state index in [4.69, 9.17) is 9.47 Å². The quantitative estimate of drug-likeness (QED) is 0.784. The largest absolute Gasteiger partial charge is 0.504 e. The number of ether oxygens (including phenoxy) is 2. The summed E-state index contributed by atoms with van der Waals surface area (Å²) in [5.41, 5.74) is 1.83. The number of aromatic nitrogens is 1. The van der Waals surface area contributed by atoms with E-state index in [9.17, 15) is 5.11 Å². The predicted octanol–water partition coefficient (Wildman–Crippen LogP) is 4.19. The van der Waals surface area contributed by atoms with Crippen LogP contribution in [0.1, 0.15) is 10.6 Å². The number of rotatable bonds is 4. The Hall–Kier alpha value is -2.53. The SMILES string of the molecule is COc1ccc2nc(C=Cc3ccc(OC)c(O)c3)sc2c1. The van der Waals surface area contributed by atoms with Gasteiger partial charge in [-0.2, -0.15) is 0 Å². The van der Waals surface area contributed by atoms with Crippen molar-refractivity contribution in [2.24, 2.45) is 0 Å². The first-order valence-corrected chi connectivity index (χ1v) is 7.51. The molecule has 0 atom stereocenters. The molecule has 0 fully saturated rings. The molecule has 112 valence electrons. The van der Waals surface area contributed by atoms with Gasteiger partial charge in [-0.1, -0.05) is 12.1 Å². The lowest BCUT2D eigenvalue weighted by Crippen LogP contribution is -1.83. The third-order valence-electron chi connectivity index (χ3n) is 3.23. The number of benzene rings is 2. The number of aromatic hydroxyl groups is 1. The summed E-state index contributed by atoms with van der Waals surface area (Å²) in [6.07, 6.45) is 3.84. The number of fused-ring (bicyclic) bond motifs is 1. The van der Waals surface area contributed by atoms with Gasteiger partial charge in [-0.25, -0.2) is 4.98 Å². The third-order valence-corrected chi connectivity index (χ3v) is 4.22. The topological polar surface area (TPSA) is 51.6 Å². The molecule has 0 aliphatic heterocycles. The molecule has 4 nitrogen and oxygen atoms in total. The van der Waals surface area contributed by atoms with Crippen LogP contribution >= 0.6 is 11.3 Å². The van der Waals surface area contributed by atoms with Crippen LogP contribution < -0.4 is 9.47 Å². The van der Waals surface area contributed by atoms with Gasteiger partial charge in [0.15, 0.2) is 11.5 Å². The lowest BCUT2D eigenvalue weighted by Gasteiger charge is -2.02. The van der Waals surface area contributed by atoms with Crippen molar-refractivity contribution in [3.05, 3.63) is 47.0 Å². The normalized spacial score (nSPS) is 11.2. The minimum atomic E-state index is 0.124. The van der Waals surface area contributed by atoms with Gasteiger partial charge in [0, 0.05) is 0 Å². The van der Waals surface area contributed by atoms with Crippen molar-refractivity contribution in [3.8, 4) is 17.2 Å². The molecule has 0 unspecified atom stereocenters. The summed E-state index contributed by atoms with van der Waals surface area (Å²) in [5.74, 6) is 1.41. The van der Waals surface area contributed by atoms with E-state index in [1.165, 1.54) is 7.11 Å². The van der Waals surface area contributed by atoms with Crippen LogP contribution in [0, 0.1) is 0 Å². The van der Waals surface area contributed by atoms with Crippen LogP contribution in [0.5, 0.6) is 17.2 Å². The molecule has 1 N–H and O–H groups in total. The molecule has 3 rings (SSSR count). The van der Waals surface area contributed by atoms with Crippen molar-refractivity contribution in [1.82, 2.24) is 4.98 Å². The van der Waals surface area contributed by atoms with E-state index in [1.54, 1.807) is 30.6 Å². The Morgan fingerprint density at radius 1 is 1.05 bits per heavy atom. The second-order valence-corrected chi connectivity index (χ2v) is 5.71. The number of phenolic OH excluding ortho intramolecular Hbond substituents is 1. The average Bonchev–Trinajstić information content (AvgIpc) is 2.94. The van der Waals surface area contributed by atoms with Crippen LogP contribution in [0.4, 0.5) is 0 Å². The number of thiazole rings is 1. The fourth-order valence-corrected chi connectivity index (χ4v) is 3.00. The summed E-state index contributed by atoms with van der Waals surface area (Å²) in [4.78, 5) is 4.55. The summed E-state index contributed by atoms with van der Waals surface area (Å²) in [6, 6.07) is 11.1. The van der Waals surface area contributed by atoms with Gasteiger partial charge < -0.3 is 14.6 Å². The smallest absolute Gasteiger partial charge is 0.160 e. The Labute approximate surface area is 132 Å². The molecule has 3 aromatic rings. The standard InChI is InChI=1S/C17H15NO3S/c1-20-12-5-6-13-16(10-12)22-17(18-13)8-4-11-3-7-15(21-2)14(19)9-11/h3-10,19H,1-2H3. The van der Waals surface area contributed by atoms with Crippen molar-refractivity contribution >= 4 is 33.7 Å². The highest BCUT2D eigenvalue weighted by molar-refractivity contribution is 7.19. The number of methoxy groups -OCH3 is 2. The molecular weight excluding hydrogens is 298 g/mol. The Balaban J connectivity index is 1.87. The van der Waals surface area contributed by atoms with E-state index < -0.39 is 0 Å². The number of phenols is 1. The molecule has 0 amide bonds. The molecule has 0 saturated carbocycles.